The quantitative estimate of drug-likeness (QED) is 0.122. The van der Waals surface area contributed by atoms with Gasteiger partial charge in [0, 0.05) is 18.7 Å². The Labute approximate surface area is 222 Å². The molecule has 0 heterocycles. The monoisotopic (exact) mass is 511 g/mol. The maximum atomic E-state index is 13.3. The lowest BCUT2D eigenvalue weighted by Gasteiger charge is -2.23. The summed E-state index contributed by atoms with van der Waals surface area (Å²) in [5.74, 6) is -1.05. The molecule has 0 bridgehead atoms. The Morgan fingerprint density at radius 2 is 1.27 bits per heavy atom. The lowest BCUT2D eigenvalue weighted by Crippen LogP contribution is -2.33. The third-order valence-corrected chi connectivity index (χ3v) is 6.62. The van der Waals surface area contributed by atoms with Gasteiger partial charge >= 0.3 is 5.97 Å². The lowest BCUT2D eigenvalue weighted by molar-refractivity contribution is 0.0468. The van der Waals surface area contributed by atoms with Gasteiger partial charge in [-0.05, 0) is 48.7 Å². The van der Waals surface area contributed by atoms with E-state index in [1.54, 1.807) is 24.3 Å². The highest BCUT2D eigenvalue weighted by Gasteiger charge is 2.17. The van der Waals surface area contributed by atoms with Crippen LogP contribution in [0.3, 0.4) is 0 Å². The van der Waals surface area contributed by atoms with Gasteiger partial charge in [0.1, 0.15) is 23.7 Å². The second kappa shape index (κ2) is 17.4. The van der Waals surface area contributed by atoms with Crippen LogP contribution >= 0.6 is 0 Å². The van der Waals surface area contributed by atoms with E-state index in [2.05, 4.69) is 13.8 Å². The number of phenolic OH excluding ortho intramolecular Hbond substituents is 2. The van der Waals surface area contributed by atoms with E-state index in [-0.39, 0.29) is 29.6 Å². The molecule has 0 aromatic heterocycles. The molecular weight excluding hydrogens is 466 g/mol. The Balaban J connectivity index is 1.91. The summed E-state index contributed by atoms with van der Waals surface area (Å²) >= 11 is 0. The average molecular weight is 512 g/mol. The average Bonchev–Trinajstić information content (AvgIpc) is 2.91. The van der Waals surface area contributed by atoms with E-state index in [4.69, 9.17) is 4.74 Å². The molecule has 2 N–H and O–H groups in total. The van der Waals surface area contributed by atoms with Gasteiger partial charge in [-0.3, -0.25) is 4.79 Å². The molecule has 0 fully saturated rings. The van der Waals surface area contributed by atoms with E-state index >= 15 is 0 Å². The van der Waals surface area contributed by atoms with Crippen LogP contribution in [0.25, 0.3) is 0 Å². The highest BCUT2D eigenvalue weighted by atomic mass is 16.5. The Hall–Kier alpha value is -3.02. The number of amides is 1. The third kappa shape index (κ3) is 11.3. The first-order chi connectivity index (χ1) is 18.0. The topological polar surface area (TPSA) is 87.1 Å². The van der Waals surface area contributed by atoms with Crippen LogP contribution in [0.2, 0.25) is 0 Å². The zero-order valence-electron chi connectivity index (χ0n) is 22.7. The number of ether oxygens (including phenoxy) is 1. The maximum absolute atomic E-state index is 13.3. The first-order valence-corrected chi connectivity index (χ1v) is 14.0. The van der Waals surface area contributed by atoms with Crippen LogP contribution in [-0.2, 0) is 11.3 Å². The second-order valence-corrected chi connectivity index (χ2v) is 9.80. The lowest BCUT2D eigenvalue weighted by atomic mass is 10.1. The Kier molecular flexibility index (Phi) is 14.2. The molecule has 0 unspecified atom stereocenters. The first kappa shape index (κ1) is 30.2. The molecule has 0 aliphatic rings. The molecule has 0 spiro atoms. The fraction of sp³-hybridized carbons (Fsp3) is 0.548. The van der Waals surface area contributed by atoms with Crippen molar-refractivity contribution in [1.82, 2.24) is 4.90 Å². The molecule has 204 valence electrons. The number of aromatic hydroxyl groups is 2. The molecule has 0 aliphatic heterocycles. The Morgan fingerprint density at radius 3 is 1.84 bits per heavy atom. The van der Waals surface area contributed by atoms with E-state index < -0.39 is 5.97 Å². The fourth-order valence-electron chi connectivity index (χ4n) is 4.32. The number of carbonyl (C=O) groups is 2. The van der Waals surface area contributed by atoms with Crippen LogP contribution in [-0.4, -0.2) is 40.1 Å². The van der Waals surface area contributed by atoms with E-state index in [0.29, 0.717) is 5.56 Å². The molecule has 2 aromatic rings. The number of hydrogen-bond acceptors (Lipinski definition) is 5. The summed E-state index contributed by atoms with van der Waals surface area (Å²) < 4.78 is 5.28. The van der Waals surface area contributed by atoms with E-state index in [1.165, 1.54) is 69.6 Å². The van der Waals surface area contributed by atoms with Crippen molar-refractivity contribution < 1.29 is 24.5 Å². The van der Waals surface area contributed by atoms with Crippen molar-refractivity contribution in [1.29, 1.82) is 0 Å². The van der Waals surface area contributed by atoms with Gasteiger partial charge in [-0.25, -0.2) is 4.79 Å². The van der Waals surface area contributed by atoms with Gasteiger partial charge in [-0.15, -0.1) is 0 Å². The van der Waals surface area contributed by atoms with Crippen molar-refractivity contribution in [2.24, 2.45) is 0 Å². The van der Waals surface area contributed by atoms with Crippen LogP contribution in [0.1, 0.15) is 117 Å². The zero-order chi connectivity index (χ0) is 26.9. The fourth-order valence-corrected chi connectivity index (χ4v) is 4.32. The number of esters is 1. The van der Waals surface area contributed by atoms with Crippen molar-refractivity contribution >= 4 is 11.9 Å². The van der Waals surface area contributed by atoms with Crippen LogP contribution in [0.5, 0.6) is 11.5 Å². The first-order valence-electron chi connectivity index (χ1n) is 14.0. The summed E-state index contributed by atoms with van der Waals surface area (Å²) in [6, 6.07) is 10.9. The van der Waals surface area contributed by atoms with Gasteiger partial charge in [0.15, 0.2) is 0 Å². The summed E-state index contributed by atoms with van der Waals surface area (Å²) in [6.45, 7) is 6.01. The van der Waals surface area contributed by atoms with Crippen LogP contribution in [0.15, 0.2) is 42.5 Å². The number of hydrogen-bond donors (Lipinski definition) is 2. The Morgan fingerprint density at radius 1 is 0.730 bits per heavy atom. The Bertz CT molecular complexity index is 925. The van der Waals surface area contributed by atoms with Crippen molar-refractivity contribution in [2.75, 3.05) is 13.1 Å². The van der Waals surface area contributed by atoms with Crippen molar-refractivity contribution in [2.45, 2.75) is 97.5 Å². The second-order valence-electron chi connectivity index (χ2n) is 9.80. The summed E-state index contributed by atoms with van der Waals surface area (Å²) in [5, 5.41) is 19.4. The van der Waals surface area contributed by atoms with Crippen molar-refractivity contribution in [3.63, 3.8) is 0 Å². The summed E-state index contributed by atoms with van der Waals surface area (Å²) in [4.78, 5) is 27.6. The van der Waals surface area contributed by atoms with Crippen LogP contribution < -0.4 is 0 Å². The van der Waals surface area contributed by atoms with E-state index in [9.17, 15) is 19.8 Å². The molecule has 0 atom stereocenters. The van der Waals surface area contributed by atoms with E-state index in [1.807, 2.05) is 4.90 Å². The number of benzene rings is 2. The molecule has 37 heavy (non-hydrogen) atoms. The minimum Gasteiger partial charge on any atom is -0.508 e. The standard InChI is InChI=1S/C31H45NO5/c1-3-5-7-9-11-13-21-32(22-14-12-10-8-6-4-2)30(35)26-17-15-25(16-18-26)24-37-31(36)28-23-27(33)19-20-29(28)34/h15-20,23,33-34H,3-14,21-22,24H2,1-2H3. The minimum absolute atomic E-state index is 0.00162. The van der Waals surface area contributed by atoms with Crippen molar-refractivity contribution in [3.8, 4) is 11.5 Å². The molecule has 2 rings (SSSR count). The molecule has 0 radical (unpaired) electrons. The molecule has 0 aliphatic carbocycles. The van der Waals surface area contributed by atoms with Gasteiger partial charge in [-0.1, -0.05) is 90.2 Å². The minimum atomic E-state index is -0.724. The molecule has 0 saturated heterocycles. The smallest absolute Gasteiger partial charge is 0.342 e. The summed E-state index contributed by atoms with van der Waals surface area (Å²) in [7, 11) is 0. The maximum Gasteiger partial charge on any atom is 0.342 e. The third-order valence-electron chi connectivity index (χ3n) is 6.62. The van der Waals surface area contributed by atoms with Crippen LogP contribution in [0, 0.1) is 0 Å². The highest BCUT2D eigenvalue weighted by molar-refractivity contribution is 5.94. The molecular formula is C31H45NO5. The van der Waals surface area contributed by atoms with Gasteiger partial charge in [0.2, 0.25) is 0 Å². The summed E-state index contributed by atoms with van der Waals surface area (Å²) in [5.41, 5.74) is 1.28. The molecule has 2 aromatic carbocycles. The number of carbonyl (C=O) groups excluding carboxylic acids is 2. The number of rotatable bonds is 18. The van der Waals surface area contributed by atoms with Crippen LogP contribution in [0.4, 0.5) is 0 Å². The largest absolute Gasteiger partial charge is 0.508 e. The number of nitrogens with zero attached hydrogens (tertiary/aromatic N) is 1. The van der Waals surface area contributed by atoms with Gasteiger partial charge in [0.05, 0.1) is 0 Å². The van der Waals surface area contributed by atoms with Gasteiger partial charge in [-0.2, -0.15) is 0 Å². The molecule has 0 saturated carbocycles. The van der Waals surface area contributed by atoms with E-state index in [0.717, 1.165) is 44.3 Å². The predicted octanol–water partition coefficient (Wildman–Crippen LogP) is 7.62. The van der Waals surface area contributed by atoms with Gasteiger partial charge in [0.25, 0.3) is 5.91 Å². The SMILES string of the molecule is CCCCCCCCN(CCCCCCCC)C(=O)c1ccc(COC(=O)c2cc(O)ccc2O)cc1. The number of unbranched alkanes of at least 4 members (excludes halogenated alkanes) is 10. The summed E-state index contributed by atoms with van der Waals surface area (Å²) in [6.07, 6.45) is 14.3. The zero-order valence-corrected chi connectivity index (χ0v) is 22.7. The molecule has 6 heteroatoms. The molecule has 6 nitrogen and oxygen atoms in total. The molecule has 1 amide bonds. The van der Waals surface area contributed by atoms with Crippen molar-refractivity contribution in [3.05, 3.63) is 59.2 Å². The number of phenols is 2. The predicted molar refractivity (Wildman–Crippen MR) is 148 cm³/mol. The highest BCUT2D eigenvalue weighted by Crippen LogP contribution is 2.23. The van der Waals surface area contributed by atoms with Gasteiger partial charge < -0.3 is 19.8 Å². The normalized spacial score (nSPS) is 10.9.